The molecule has 2 aromatic rings. The molecule has 1 aromatic carbocycles. The zero-order chi connectivity index (χ0) is 23.6. The monoisotopic (exact) mass is 538 g/mol. The van der Waals surface area contributed by atoms with E-state index in [4.69, 9.17) is 4.74 Å². The van der Waals surface area contributed by atoms with Gasteiger partial charge >= 0.3 is 12.1 Å². The van der Waals surface area contributed by atoms with E-state index in [-0.39, 0.29) is 17.9 Å². The quantitative estimate of drug-likeness (QED) is 0.590. The standard InChI is InChI=1S/C13H15N3O2S.C6H4BrF.C3H5NO2/c1-2-18-13(17)9-8-15-11(12-14-5-7-19-12)16-6-3-4-10(9)16;7-5-2-1-3-6(8)4-5;5-3-4-1-2-6-3/h5,7H,2-4,6,8H2,1H3;1-4H;1-2H2,(H,4,5). The number of aliphatic imine (C=N–C) groups is 1. The van der Waals surface area contributed by atoms with Gasteiger partial charge in [0.1, 0.15) is 12.4 Å². The predicted molar refractivity (Wildman–Crippen MR) is 127 cm³/mol. The maximum atomic E-state index is 12.1. The van der Waals surface area contributed by atoms with Crippen LogP contribution < -0.4 is 5.32 Å². The number of aromatic nitrogens is 1. The summed E-state index contributed by atoms with van der Waals surface area (Å²) in [6.45, 7) is 4.72. The highest BCUT2D eigenvalue weighted by atomic mass is 79.9. The molecule has 0 saturated carbocycles. The van der Waals surface area contributed by atoms with Gasteiger partial charge < -0.3 is 19.7 Å². The molecule has 0 aliphatic carbocycles. The lowest BCUT2D eigenvalue weighted by Crippen LogP contribution is -2.33. The summed E-state index contributed by atoms with van der Waals surface area (Å²) in [4.78, 5) is 32.8. The molecule has 1 aromatic heterocycles. The molecule has 2 fully saturated rings. The fourth-order valence-electron chi connectivity index (χ4n) is 3.28. The second-order valence-electron chi connectivity index (χ2n) is 6.88. The average molecular weight is 539 g/mol. The van der Waals surface area contributed by atoms with Crippen LogP contribution in [0.4, 0.5) is 9.18 Å². The number of halogens is 2. The van der Waals surface area contributed by atoms with Crippen LogP contribution in [-0.2, 0) is 14.3 Å². The number of hydrogen-bond donors (Lipinski definition) is 1. The Balaban J connectivity index is 0.000000179. The molecule has 0 spiro atoms. The lowest BCUT2D eigenvalue weighted by atomic mass is 10.1. The van der Waals surface area contributed by atoms with Gasteiger partial charge in [0.05, 0.1) is 25.3 Å². The Bertz CT molecular complexity index is 1000. The van der Waals surface area contributed by atoms with E-state index >= 15 is 0 Å². The maximum absolute atomic E-state index is 12.1. The molecule has 8 nitrogen and oxygen atoms in total. The van der Waals surface area contributed by atoms with Gasteiger partial charge in [-0.3, -0.25) is 4.99 Å². The van der Waals surface area contributed by atoms with Crippen molar-refractivity contribution in [2.24, 2.45) is 4.99 Å². The van der Waals surface area contributed by atoms with Gasteiger partial charge in [-0.15, -0.1) is 11.3 Å². The number of hydrogen-bond acceptors (Lipinski definition) is 8. The number of fused-ring (bicyclic) bond motifs is 1. The Morgan fingerprint density at radius 3 is 2.82 bits per heavy atom. The number of benzene rings is 1. The van der Waals surface area contributed by atoms with E-state index in [2.05, 4.69) is 40.9 Å². The molecule has 0 radical (unpaired) electrons. The largest absolute Gasteiger partial charge is 0.463 e. The minimum Gasteiger partial charge on any atom is -0.463 e. The number of rotatable bonds is 3. The molecule has 0 bridgehead atoms. The zero-order valence-electron chi connectivity index (χ0n) is 18.1. The number of cyclic esters (lactones) is 1. The van der Waals surface area contributed by atoms with Crippen LogP contribution in [0.15, 0.2) is 56.6 Å². The highest BCUT2D eigenvalue weighted by Gasteiger charge is 2.32. The summed E-state index contributed by atoms with van der Waals surface area (Å²) in [5.74, 6) is 0.460. The van der Waals surface area contributed by atoms with Crippen molar-refractivity contribution in [2.45, 2.75) is 19.8 Å². The summed E-state index contributed by atoms with van der Waals surface area (Å²) in [6, 6.07) is 6.26. The van der Waals surface area contributed by atoms with Gasteiger partial charge in [-0.1, -0.05) is 22.0 Å². The molecule has 2 saturated heterocycles. The molecule has 176 valence electrons. The number of amidine groups is 1. The molecule has 4 heterocycles. The van der Waals surface area contributed by atoms with Gasteiger partial charge in [0, 0.05) is 28.3 Å². The minimum atomic E-state index is -0.296. The van der Waals surface area contributed by atoms with Crippen molar-refractivity contribution < 1.29 is 23.5 Å². The molecular formula is C22H24BrFN4O4S. The first-order chi connectivity index (χ1) is 16.0. The van der Waals surface area contributed by atoms with Crippen LogP contribution in [0, 0.1) is 5.82 Å². The lowest BCUT2D eigenvalue weighted by Gasteiger charge is -2.26. The van der Waals surface area contributed by atoms with Crippen LogP contribution in [-0.4, -0.2) is 60.6 Å². The average Bonchev–Trinajstić information content (AvgIpc) is 3.57. The van der Waals surface area contributed by atoms with Gasteiger partial charge in [-0.25, -0.2) is 19.0 Å². The fourth-order valence-corrected chi connectivity index (χ4v) is 4.30. The summed E-state index contributed by atoms with van der Waals surface area (Å²) in [6.07, 6.45) is 3.44. The first-order valence-electron chi connectivity index (χ1n) is 10.4. The molecule has 5 rings (SSSR count). The van der Waals surface area contributed by atoms with Gasteiger partial charge in [0.25, 0.3) is 0 Å². The molecule has 3 aliphatic heterocycles. The second kappa shape index (κ2) is 12.4. The highest BCUT2D eigenvalue weighted by Crippen LogP contribution is 2.31. The fraction of sp³-hybridized carbons (Fsp3) is 0.364. The molecule has 33 heavy (non-hydrogen) atoms. The third-order valence-corrected chi connectivity index (χ3v) is 5.91. The number of alkyl carbamates (subject to hydrolysis) is 1. The third-order valence-electron chi connectivity index (χ3n) is 4.65. The molecule has 0 atom stereocenters. The number of carbonyl (C=O) groups is 2. The van der Waals surface area contributed by atoms with Crippen LogP contribution in [0.25, 0.3) is 0 Å². The van der Waals surface area contributed by atoms with E-state index in [1.165, 1.54) is 12.1 Å². The van der Waals surface area contributed by atoms with Crippen molar-refractivity contribution in [3.05, 3.63) is 62.4 Å². The normalized spacial score (nSPS) is 16.4. The number of nitrogens with zero attached hydrogens (tertiary/aromatic N) is 3. The van der Waals surface area contributed by atoms with Crippen molar-refractivity contribution >= 4 is 45.2 Å². The van der Waals surface area contributed by atoms with Crippen LogP contribution in [0.2, 0.25) is 0 Å². The number of nitrogens with one attached hydrogen (secondary N) is 1. The predicted octanol–water partition coefficient (Wildman–Crippen LogP) is 4.13. The highest BCUT2D eigenvalue weighted by molar-refractivity contribution is 9.10. The second-order valence-corrected chi connectivity index (χ2v) is 8.69. The SMILES string of the molecule is CCOC(=O)C1=C2CCCN2C(c2nccs2)=NC1.Fc1cccc(Br)c1.O=C1NCCO1. The Hall–Kier alpha value is -2.79. The van der Waals surface area contributed by atoms with E-state index in [1.807, 2.05) is 12.3 Å². The number of carbonyl (C=O) groups excluding carboxylic acids is 2. The summed E-state index contributed by atoms with van der Waals surface area (Å²) in [5, 5.41) is 5.32. The van der Waals surface area contributed by atoms with Crippen LogP contribution in [0.3, 0.4) is 0 Å². The molecule has 3 aliphatic rings. The first-order valence-corrected chi connectivity index (χ1v) is 12.1. The Labute approximate surface area is 203 Å². The van der Waals surface area contributed by atoms with Gasteiger partial charge in [-0.2, -0.15) is 0 Å². The van der Waals surface area contributed by atoms with Crippen LogP contribution >= 0.6 is 27.3 Å². The summed E-state index contributed by atoms with van der Waals surface area (Å²) < 4.78 is 22.4. The summed E-state index contributed by atoms with van der Waals surface area (Å²) >= 11 is 4.70. The maximum Gasteiger partial charge on any atom is 0.407 e. The molecule has 1 amide bonds. The Morgan fingerprint density at radius 1 is 1.42 bits per heavy atom. The van der Waals surface area contributed by atoms with Crippen molar-refractivity contribution in [3.8, 4) is 0 Å². The minimum absolute atomic E-state index is 0.209. The van der Waals surface area contributed by atoms with E-state index in [9.17, 15) is 14.0 Å². The topological polar surface area (TPSA) is 93.1 Å². The van der Waals surface area contributed by atoms with Crippen molar-refractivity contribution in [1.29, 1.82) is 0 Å². The molecule has 0 unspecified atom stereocenters. The number of thiazole rings is 1. The van der Waals surface area contributed by atoms with E-state index in [1.54, 1.807) is 29.7 Å². The van der Waals surface area contributed by atoms with Gasteiger partial charge in [0.15, 0.2) is 10.8 Å². The van der Waals surface area contributed by atoms with Crippen molar-refractivity contribution in [1.82, 2.24) is 15.2 Å². The number of esters is 1. The van der Waals surface area contributed by atoms with Gasteiger partial charge in [-0.05, 0) is 38.0 Å². The smallest absolute Gasteiger partial charge is 0.407 e. The Kier molecular flexibility index (Phi) is 9.37. The van der Waals surface area contributed by atoms with Crippen molar-refractivity contribution in [2.75, 3.05) is 32.8 Å². The summed E-state index contributed by atoms with van der Waals surface area (Å²) in [5.41, 5.74) is 1.78. The number of ether oxygens (including phenoxy) is 2. The first kappa shape index (κ1) is 24.8. The van der Waals surface area contributed by atoms with Crippen molar-refractivity contribution in [3.63, 3.8) is 0 Å². The zero-order valence-corrected chi connectivity index (χ0v) is 20.5. The summed E-state index contributed by atoms with van der Waals surface area (Å²) in [7, 11) is 0. The molecule has 1 N–H and O–H groups in total. The molecular weight excluding hydrogens is 515 g/mol. The van der Waals surface area contributed by atoms with Crippen LogP contribution in [0.5, 0.6) is 0 Å². The lowest BCUT2D eigenvalue weighted by molar-refractivity contribution is -0.138. The van der Waals surface area contributed by atoms with E-state index in [0.29, 0.717) is 31.9 Å². The third kappa shape index (κ3) is 7.10. The van der Waals surface area contributed by atoms with Crippen LogP contribution in [0.1, 0.15) is 24.8 Å². The van der Waals surface area contributed by atoms with E-state index in [0.717, 1.165) is 40.4 Å². The number of allylic oxidation sites excluding steroid dienone is 1. The Morgan fingerprint density at radius 2 is 2.27 bits per heavy atom. The van der Waals surface area contributed by atoms with Gasteiger partial charge in [0.2, 0.25) is 0 Å². The van der Waals surface area contributed by atoms with E-state index < -0.39 is 0 Å². The molecule has 11 heteroatoms. The number of amides is 1.